The van der Waals surface area contributed by atoms with Gasteiger partial charge < -0.3 is 4.74 Å². The Balaban J connectivity index is 0. The highest BCUT2D eigenvalue weighted by atomic mass is 16.5. The zero-order valence-electron chi connectivity index (χ0n) is 9.72. The molecule has 0 aliphatic heterocycles. The van der Waals surface area contributed by atoms with Crippen molar-refractivity contribution >= 4 is 0 Å². The minimum atomic E-state index is 0.917. The van der Waals surface area contributed by atoms with Crippen molar-refractivity contribution in [3.63, 3.8) is 0 Å². The molecular formula is C12H22O. The van der Waals surface area contributed by atoms with Crippen LogP contribution in [0, 0.1) is 6.92 Å². The summed E-state index contributed by atoms with van der Waals surface area (Å²) >= 11 is 0. The molecule has 0 saturated carbocycles. The fourth-order valence-electron chi connectivity index (χ4n) is 0.674. The lowest BCUT2D eigenvalue weighted by Crippen LogP contribution is -1.80. The second kappa shape index (κ2) is 11.0. The van der Waals surface area contributed by atoms with Crippen molar-refractivity contribution in [2.45, 2.75) is 34.6 Å². The van der Waals surface area contributed by atoms with E-state index >= 15 is 0 Å². The van der Waals surface area contributed by atoms with Gasteiger partial charge in [-0.3, -0.25) is 0 Å². The van der Waals surface area contributed by atoms with E-state index in [1.807, 2.05) is 52.0 Å². The van der Waals surface area contributed by atoms with Crippen molar-refractivity contribution in [3.05, 3.63) is 29.8 Å². The van der Waals surface area contributed by atoms with Gasteiger partial charge in [0.1, 0.15) is 5.75 Å². The Morgan fingerprint density at radius 3 is 1.54 bits per heavy atom. The molecule has 0 spiro atoms. The van der Waals surface area contributed by atoms with Crippen LogP contribution in [0.3, 0.4) is 0 Å². The van der Waals surface area contributed by atoms with Gasteiger partial charge in [0.25, 0.3) is 0 Å². The maximum atomic E-state index is 4.97. The third-order valence-electron chi connectivity index (χ3n) is 1.26. The largest absolute Gasteiger partial charge is 0.497 e. The molecule has 1 heteroatoms. The summed E-state index contributed by atoms with van der Waals surface area (Å²) in [5.41, 5.74) is 1.26. The van der Waals surface area contributed by atoms with Gasteiger partial charge in [-0.25, -0.2) is 0 Å². The van der Waals surface area contributed by atoms with E-state index in [0.717, 1.165) is 5.75 Å². The molecule has 0 fully saturated rings. The molecule has 0 N–H and O–H groups in total. The van der Waals surface area contributed by atoms with Gasteiger partial charge >= 0.3 is 0 Å². The molecule has 1 nitrogen and oxygen atoms in total. The van der Waals surface area contributed by atoms with Crippen LogP contribution >= 0.6 is 0 Å². The fraction of sp³-hybridized carbons (Fsp3) is 0.500. The van der Waals surface area contributed by atoms with E-state index in [1.54, 1.807) is 7.11 Å². The van der Waals surface area contributed by atoms with Gasteiger partial charge in [0.2, 0.25) is 0 Å². The van der Waals surface area contributed by atoms with Gasteiger partial charge in [0.05, 0.1) is 7.11 Å². The molecule has 76 valence electrons. The molecule has 0 saturated heterocycles. The van der Waals surface area contributed by atoms with Crippen LogP contribution in [0.1, 0.15) is 33.3 Å². The first-order chi connectivity index (χ1) is 6.33. The van der Waals surface area contributed by atoms with Crippen molar-refractivity contribution in [2.75, 3.05) is 7.11 Å². The zero-order valence-corrected chi connectivity index (χ0v) is 9.72. The van der Waals surface area contributed by atoms with Crippen molar-refractivity contribution in [2.24, 2.45) is 0 Å². The summed E-state index contributed by atoms with van der Waals surface area (Å²) in [5, 5.41) is 0. The van der Waals surface area contributed by atoms with Crippen molar-refractivity contribution in [3.8, 4) is 5.75 Å². The first-order valence-corrected chi connectivity index (χ1v) is 4.93. The van der Waals surface area contributed by atoms with E-state index in [4.69, 9.17) is 4.74 Å². The maximum absolute atomic E-state index is 4.97. The van der Waals surface area contributed by atoms with E-state index in [-0.39, 0.29) is 0 Å². The monoisotopic (exact) mass is 182 g/mol. The Hall–Kier alpha value is -0.980. The summed E-state index contributed by atoms with van der Waals surface area (Å²) in [4.78, 5) is 0. The molecule has 0 unspecified atom stereocenters. The molecule has 0 aliphatic rings. The van der Waals surface area contributed by atoms with Gasteiger partial charge in [-0.2, -0.15) is 0 Å². The molecule has 0 atom stereocenters. The number of benzene rings is 1. The summed E-state index contributed by atoms with van der Waals surface area (Å²) in [7, 11) is 1.67. The molecule has 13 heavy (non-hydrogen) atoms. The van der Waals surface area contributed by atoms with Crippen LogP contribution in [0.25, 0.3) is 0 Å². The maximum Gasteiger partial charge on any atom is 0.118 e. The standard InChI is InChI=1S/C8H10O.2C2H6/c1-7-3-5-8(9-2)6-4-7;2*1-2/h3-6H,1-2H3;2*1-2H3. The molecule has 0 bridgehead atoms. The number of aryl methyl sites for hydroxylation is 1. The number of hydrogen-bond donors (Lipinski definition) is 0. The summed E-state index contributed by atoms with van der Waals surface area (Å²) < 4.78 is 4.97. The molecule has 1 aromatic rings. The molecular weight excluding hydrogens is 160 g/mol. The third-order valence-corrected chi connectivity index (χ3v) is 1.26. The summed E-state index contributed by atoms with van der Waals surface area (Å²) in [6.45, 7) is 10.1. The Kier molecular flexibility index (Phi) is 12.3. The van der Waals surface area contributed by atoms with Crippen LogP contribution < -0.4 is 4.74 Å². The zero-order chi connectivity index (χ0) is 10.7. The molecule has 0 radical (unpaired) electrons. The van der Waals surface area contributed by atoms with Gasteiger partial charge in [0.15, 0.2) is 0 Å². The molecule has 1 aromatic carbocycles. The third kappa shape index (κ3) is 7.38. The van der Waals surface area contributed by atoms with Crippen LogP contribution in [-0.2, 0) is 0 Å². The van der Waals surface area contributed by atoms with E-state index in [0.29, 0.717) is 0 Å². The molecule has 1 rings (SSSR count). The van der Waals surface area contributed by atoms with E-state index in [2.05, 4.69) is 6.92 Å². The average Bonchev–Trinajstić information content (AvgIpc) is 2.25. The van der Waals surface area contributed by atoms with Crippen LogP contribution in [0.15, 0.2) is 24.3 Å². The minimum Gasteiger partial charge on any atom is -0.497 e. The smallest absolute Gasteiger partial charge is 0.118 e. The Bertz CT molecular complexity index is 177. The van der Waals surface area contributed by atoms with Crippen LogP contribution in [0.5, 0.6) is 5.75 Å². The van der Waals surface area contributed by atoms with Gasteiger partial charge in [0, 0.05) is 0 Å². The van der Waals surface area contributed by atoms with E-state index in [9.17, 15) is 0 Å². The molecule has 0 amide bonds. The number of hydrogen-bond acceptors (Lipinski definition) is 1. The van der Waals surface area contributed by atoms with Crippen LogP contribution in [0.2, 0.25) is 0 Å². The Labute approximate surface area is 82.7 Å². The normalized spacial score (nSPS) is 7.23. The number of rotatable bonds is 1. The SMILES string of the molecule is CC.CC.COc1ccc(C)cc1. The molecule has 0 heterocycles. The first-order valence-electron chi connectivity index (χ1n) is 4.93. The van der Waals surface area contributed by atoms with Crippen LogP contribution in [-0.4, -0.2) is 7.11 Å². The second-order valence-electron chi connectivity index (χ2n) is 2.02. The molecule has 0 aliphatic carbocycles. The number of methoxy groups -OCH3 is 1. The molecule has 0 aromatic heterocycles. The van der Waals surface area contributed by atoms with Gasteiger partial charge in [-0.15, -0.1) is 0 Å². The lowest BCUT2D eigenvalue weighted by atomic mass is 10.2. The predicted octanol–water partition coefficient (Wildman–Crippen LogP) is 4.06. The van der Waals surface area contributed by atoms with Crippen LogP contribution in [0.4, 0.5) is 0 Å². The van der Waals surface area contributed by atoms with Crippen molar-refractivity contribution < 1.29 is 4.74 Å². The highest BCUT2D eigenvalue weighted by Gasteiger charge is 1.85. The lowest BCUT2D eigenvalue weighted by Gasteiger charge is -1.97. The van der Waals surface area contributed by atoms with Gasteiger partial charge in [-0.1, -0.05) is 45.4 Å². The van der Waals surface area contributed by atoms with Crippen molar-refractivity contribution in [1.29, 1.82) is 0 Å². The highest BCUT2D eigenvalue weighted by molar-refractivity contribution is 5.25. The summed E-state index contributed by atoms with van der Waals surface area (Å²) in [6, 6.07) is 7.96. The lowest BCUT2D eigenvalue weighted by molar-refractivity contribution is 0.414. The summed E-state index contributed by atoms with van der Waals surface area (Å²) in [6.07, 6.45) is 0. The van der Waals surface area contributed by atoms with Crippen molar-refractivity contribution in [1.82, 2.24) is 0 Å². The van der Waals surface area contributed by atoms with E-state index < -0.39 is 0 Å². The summed E-state index contributed by atoms with van der Waals surface area (Å²) in [5.74, 6) is 0.917. The minimum absolute atomic E-state index is 0.917. The Morgan fingerprint density at radius 2 is 1.23 bits per heavy atom. The predicted molar refractivity (Wildman–Crippen MR) is 60.4 cm³/mol. The first kappa shape index (κ1) is 14.5. The Morgan fingerprint density at radius 1 is 0.846 bits per heavy atom. The second-order valence-corrected chi connectivity index (χ2v) is 2.02. The fourth-order valence-corrected chi connectivity index (χ4v) is 0.674. The topological polar surface area (TPSA) is 9.23 Å². The van der Waals surface area contributed by atoms with E-state index in [1.165, 1.54) is 5.56 Å². The number of ether oxygens (including phenoxy) is 1. The average molecular weight is 182 g/mol. The van der Waals surface area contributed by atoms with Gasteiger partial charge in [-0.05, 0) is 19.1 Å². The highest BCUT2D eigenvalue weighted by Crippen LogP contribution is 2.09. The quantitative estimate of drug-likeness (QED) is 0.636.